The van der Waals surface area contributed by atoms with Crippen molar-refractivity contribution in [2.75, 3.05) is 19.5 Å². The fourth-order valence-corrected chi connectivity index (χ4v) is 2.57. The average molecular weight is 399 g/mol. The van der Waals surface area contributed by atoms with Crippen LogP contribution in [0.2, 0.25) is 0 Å². The lowest BCUT2D eigenvalue weighted by Gasteiger charge is -2.15. The van der Waals surface area contributed by atoms with Crippen molar-refractivity contribution in [2.24, 2.45) is 0 Å². The largest absolute Gasteiger partial charge is 0.493 e. The number of aryl methyl sites for hydroxylation is 1. The fraction of sp³-hybridized carbons (Fsp3) is 0.318. The predicted octanol–water partition coefficient (Wildman–Crippen LogP) is 3.55. The molecule has 2 aromatic rings. The molecule has 0 saturated carbocycles. The molecule has 1 atom stereocenters. The first-order valence-electron chi connectivity index (χ1n) is 9.16. The normalized spacial score (nSPS) is 11.3. The summed E-state index contributed by atoms with van der Waals surface area (Å²) in [6.07, 6.45) is -1.09. The van der Waals surface area contributed by atoms with Gasteiger partial charge in [0.15, 0.2) is 23.4 Å². The van der Waals surface area contributed by atoms with Gasteiger partial charge in [0.25, 0.3) is 5.91 Å². The second-order valence-corrected chi connectivity index (χ2v) is 6.48. The van der Waals surface area contributed by atoms with Gasteiger partial charge in [-0.1, -0.05) is 29.8 Å². The summed E-state index contributed by atoms with van der Waals surface area (Å²) >= 11 is 0. The van der Waals surface area contributed by atoms with E-state index in [0.717, 1.165) is 5.56 Å². The number of hydrogen-bond donors (Lipinski definition) is 1. The zero-order valence-electron chi connectivity index (χ0n) is 17.0. The van der Waals surface area contributed by atoms with Crippen molar-refractivity contribution < 1.29 is 28.6 Å². The minimum atomic E-state index is -1.01. The molecule has 0 aromatic heterocycles. The van der Waals surface area contributed by atoms with Gasteiger partial charge in [0, 0.05) is 23.7 Å². The number of ketones is 1. The Morgan fingerprint density at radius 1 is 0.931 bits per heavy atom. The molecule has 29 heavy (non-hydrogen) atoms. The number of nitrogens with one attached hydrogen (secondary N) is 1. The van der Waals surface area contributed by atoms with Gasteiger partial charge in [-0.15, -0.1) is 0 Å². The van der Waals surface area contributed by atoms with Gasteiger partial charge >= 0.3 is 5.97 Å². The molecule has 0 aliphatic heterocycles. The summed E-state index contributed by atoms with van der Waals surface area (Å²) in [7, 11) is 3.01. The third-order valence-corrected chi connectivity index (χ3v) is 4.26. The molecule has 0 spiro atoms. The van der Waals surface area contributed by atoms with Gasteiger partial charge in [-0.2, -0.15) is 0 Å². The second kappa shape index (κ2) is 10.3. The van der Waals surface area contributed by atoms with Crippen molar-refractivity contribution in [1.29, 1.82) is 0 Å². The van der Waals surface area contributed by atoms with Crippen molar-refractivity contribution in [3.05, 3.63) is 53.6 Å². The van der Waals surface area contributed by atoms with Crippen LogP contribution in [0.5, 0.6) is 11.5 Å². The van der Waals surface area contributed by atoms with E-state index < -0.39 is 18.0 Å². The van der Waals surface area contributed by atoms with Crippen molar-refractivity contribution in [3.8, 4) is 11.5 Å². The maximum atomic E-state index is 12.3. The number of esters is 1. The number of carbonyl (C=O) groups is 3. The van der Waals surface area contributed by atoms with Crippen molar-refractivity contribution in [3.63, 3.8) is 0 Å². The number of carbonyl (C=O) groups excluding carboxylic acids is 3. The van der Waals surface area contributed by atoms with E-state index in [4.69, 9.17) is 14.2 Å². The number of methoxy groups -OCH3 is 2. The molecule has 7 heteroatoms. The first kappa shape index (κ1) is 21.9. The Morgan fingerprint density at radius 3 is 2.21 bits per heavy atom. The Balaban J connectivity index is 1.84. The van der Waals surface area contributed by atoms with Crippen LogP contribution in [-0.4, -0.2) is 38.0 Å². The fourth-order valence-electron chi connectivity index (χ4n) is 2.57. The molecule has 0 aliphatic rings. The van der Waals surface area contributed by atoms with E-state index in [1.807, 2.05) is 19.1 Å². The highest BCUT2D eigenvalue weighted by Crippen LogP contribution is 2.29. The summed E-state index contributed by atoms with van der Waals surface area (Å²) in [6.45, 7) is 3.40. The van der Waals surface area contributed by atoms with Gasteiger partial charge in [0.05, 0.1) is 20.6 Å². The first-order chi connectivity index (χ1) is 13.8. The second-order valence-electron chi connectivity index (χ2n) is 6.48. The van der Waals surface area contributed by atoms with Crippen LogP contribution < -0.4 is 14.8 Å². The third-order valence-electron chi connectivity index (χ3n) is 4.26. The zero-order valence-corrected chi connectivity index (χ0v) is 17.0. The van der Waals surface area contributed by atoms with Crippen LogP contribution in [-0.2, 0) is 14.3 Å². The van der Waals surface area contributed by atoms with Crippen LogP contribution in [0.15, 0.2) is 42.5 Å². The number of ether oxygens (including phenoxy) is 3. The van der Waals surface area contributed by atoms with E-state index >= 15 is 0 Å². The lowest BCUT2D eigenvalue weighted by atomic mass is 10.1. The summed E-state index contributed by atoms with van der Waals surface area (Å²) in [5, 5.41) is 2.65. The summed E-state index contributed by atoms with van der Waals surface area (Å²) in [6, 6.07) is 12.0. The van der Waals surface area contributed by atoms with Crippen LogP contribution >= 0.6 is 0 Å². The number of Topliss-reactive ketones (excluding diaryl/α,β-unsaturated/α-hetero) is 1. The highest BCUT2D eigenvalue weighted by atomic mass is 16.5. The van der Waals surface area contributed by atoms with E-state index in [9.17, 15) is 14.4 Å². The van der Waals surface area contributed by atoms with E-state index in [1.54, 1.807) is 30.3 Å². The molecule has 0 saturated heterocycles. The maximum Gasteiger partial charge on any atom is 0.307 e. The zero-order chi connectivity index (χ0) is 21.4. The Morgan fingerprint density at radius 2 is 1.59 bits per heavy atom. The van der Waals surface area contributed by atoms with E-state index in [0.29, 0.717) is 22.7 Å². The maximum absolute atomic E-state index is 12.3. The molecular weight excluding hydrogens is 374 g/mol. The van der Waals surface area contributed by atoms with E-state index in [1.165, 1.54) is 21.1 Å². The molecule has 0 heterocycles. The molecule has 1 N–H and O–H groups in total. The van der Waals surface area contributed by atoms with Gasteiger partial charge in [-0.3, -0.25) is 14.4 Å². The average Bonchev–Trinajstić information content (AvgIpc) is 2.72. The lowest BCUT2D eigenvalue weighted by Crippen LogP contribution is -2.30. The van der Waals surface area contributed by atoms with Gasteiger partial charge in [-0.05, 0) is 26.0 Å². The molecule has 2 rings (SSSR count). The van der Waals surface area contributed by atoms with Gasteiger partial charge in [0.1, 0.15) is 0 Å². The number of amides is 1. The van der Waals surface area contributed by atoms with Crippen LogP contribution in [0.1, 0.15) is 35.7 Å². The molecule has 1 amide bonds. The summed E-state index contributed by atoms with van der Waals surface area (Å²) in [5.41, 5.74) is 2.07. The molecule has 0 bridgehead atoms. The first-order valence-corrected chi connectivity index (χ1v) is 9.16. The topological polar surface area (TPSA) is 90.9 Å². The summed E-state index contributed by atoms with van der Waals surface area (Å²) in [4.78, 5) is 36.4. The number of rotatable bonds is 9. The highest BCUT2D eigenvalue weighted by Gasteiger charge is 2.19. The van der Waals surface area contributed by atoms with Crippen LogP contribution in [0, 0.1) is 6.92 Å². The van der Waals surface area contributed by atoms with Crippen LogP contribution in [0.4, 0.5) is 5.69 Å². The van der Waals surface area contributed by atoms with Crippen LogP contribution in [0.25, 0.3) is 0 Å². The minimum Gasteiger partial charge on any atom is -0.493 e. The molecule has 7 nitrogen and oxygen atoms in total. The molecule has 0 radical (unpaired) electrons. The van der Waals surface area contributed by atoms with Crippen LogP contribution in [0.3, 0.4) is 0 Å². The molecule has 0 aliphatic carbocycles. The Labute approximate surface area is 170 Å². The van der Waals surface area contributed by atoms with Crippen molar-refractivity contribution >= 4 is 23.3 Å². The number of hydrogen-bond acceptors (Lipinski definition) is 6. The smallest absolute Gasteiger partial charge is 0.307 e. The van der Waals surface area contributed by atoms with Gasteiger partial charge in [-0.25, -0.2) is 0 Å². The van der Waals surface area contributed by atoms with E-state index in [-0.39, 0.29) is 18.6 Å². The quantitative estimate of drug-likeness (QED) is 0.512. The third kappa shape index (κ3) is 6.34. The predicted molar refractivity (Wildman–Crippen MR) is 108 cm³/mol. The summed E-state index contributed by atoms with van der Waals surface area (Å²) in [5.74, 6) is -0.256. The monoisotopic (exact) mass is 399 g/mol. The number of benzene rings is 2. The minimum absolute atomic E-state index is 0.0198. The van der Waals surface area contributed by atoms with Gasteiger partial charge < -0.3 is 19.5 Å². The summed E-state index contributed by atoms with van der Waals surface area (Å²) < 4.78 is 15.5. The molecule has 154 valence electrons. The SMILES string of the molecule is COc1ccc(NC(=O)[C@@H](C)OC(=O)CCC(=O)c2ccc(C)cc2)cc1OC. The Bertz CT molecular complexity index is 875. The lowest BCUT2D eigenvalue weighted by molar-refractivity contribution is -0.153. The Hall–Kier alpha value is -3.35. The standard InChI is InChI=1S/C22H25NO6/c1-14-5-7-16(8-6-14)18(24)10-12-21(25)29-15(2)22(26)23-17-9-11-19(27-3)20(13-17)28-4/h5-9,11,13,15H,10,12H2,1-4H3,(H,23,26)/t15-/m1/s1. The molecular formula is C22H25NO6. The van der Waals surface area contributed by atoms with Crippen molar-refractivity contribution in [2.45, 2.75) is 32.8 Å². The number of anilines is 1. The molecule has 0 unspecified atom stereocenters. The van der Waals surface area contributed by atoms with E-state index in [2.05, 4.69) is 5.32 Å². The van der Waals surface area contributed by atoms with Crippen molar-refractivity contribution in [1.82, 2.24) is 0 Å². The Kier molecular flexibility index (Phi) is 7.77. The molecule has 0 fully saturated rings. The van der Waals surface area contributed by atoms with Gasteiger partial charge in [0.2, 0.25) is 0 Å². The highest BCUT2D eigenvalue weighted by molar-refractivity contribution is 5.98. The molecule has 2 aromatic carbocycles.